The molecule has 2 aromatic heterocycles. The van der Waals surface area contributed by atoms with Gasteiger partial charge in [-0.3, -0.25) is 24.9 Å². The van der Waals surface area contributed by atoms with E-state index < -0.39 is 22.9 Å². The zero-order chi connectivity index (χ0) is 29.8. The number of pyridine rings is 1. The number of hydrogen-bond donors (Lipinski definition) is 2. The van der Waals surface area contributed by atoms with Crippen molar-refractivity contribution in [2.24, 2.45) is 5.41 Å². The summed E-state index contributed by atoms with van der Waals surface area (Å²) in [4.78, 5) is 31.9. The van der Waals surface area contributed by atoms with Gasteiger partial charge in [0.15, 0.2) is 0 Å². The molecule has 42 heavy (non-hydrogen) atoms. The fourth-order valence-electron chi connectivity index (χ4n) is 6.42. The number of piperidine rings is 1. The smallest absolute Gasteiger partial charge is 0.328 e. The van der Waals surface area contributed by atoms with E-state index in [2.05, 4.69) is 44.6 Å². The van der Waals surface area contributed by atoms with E-state index in [-0.39, 0.29) is 29.8 Å². The second-order valence-corrected chi connectivity index (χ2v) is 12.0. The van der Waals surface area contributed by atoms with Gasteiger partial charge in [-0.05, 0) is 43.5 Å². The number of carbonyl (C=O) groups is 2. The minimum Gasteiger partial charge on any atom is -0.384 e. The van der Waals surface area contributed by atoms with E-state index in [4.69, 9.17) is 4.52 Å². The van der Waals surface area contributed by atoms with Gasteiger partial charge in [0.25, 0.3) is 0 Å². The van der Waals surface area contributed by atoms with Crippen molar-refractivity contribution >= 4 is 28.5 Å². The lowest BCUT2D eigenvalue weighted by atomic mass is 9.66. The fourth-order valence-corrected chi connectivity index (χ4v) is 6.42. The molecular weight excluding hydrogens is 537 g/mol. The zero-order valence-electron chi connectivity index (χ0n) is 24.2. The molecule has 4 heterocycles. The third kappa shape index (κ3) is 4.74. The van der Waals surface area contributed by atoms with Crippen molar-refractivity contribution in [3.63, 3.8) is 0 Å². The van der Waals surface area contributed by atoms with Crippen molar-refractivity contribution in [3.8, 4) is 11.1 Å². The molecule has 4 aromatic rings. The Labute approximate surface area is 243 Å². The van der Waals surface area contributed by atoms with Crippen LogP contribution in [0.25, 0.3) is 22.0 Å². The van der Waals surface area contributed by atoms with Crippen LogP contribution in [0.3, 0.4) is 0 Å². The lowest BCUT2D eigenvalue weighted by molar-refractivity contribution is -0.128. The van der Waals surface area contributed by atoms with Crippen molar-refractivity contribution in [2.75, 3.05) is 24.5 Å². The van der Waals surface area contributed by atoms with Gasteiger partial charge < -0.3 is 9.63 Å². The minimum atomic E-state index is -1.42. The molecule has 0 bridgehead atoms. The maximum Gasteiger partial charge on any atom is 0.328 e. The second kappa shape index (κ2) is 10.3. The van der Waals surface area contributed by atoms with Gasteiger partial charge in [0.2, 0.25) is 5.91 Å². The van der Waals surface area contributed by atoms with E-state index in [0.717, 1.165) is 28.1 Å². The average molecular weight is 572 g/mol. The Morgan fingerprint density at radius 3 is 2.52 bits per heavy atom. The van der Waals surface area contributed by atoms with Crippen LogP contribution >= 0.6 is 0 Å². The number of hydrogen-bond acceptors (Lipinski definition) is 7. The van der Waals surface area contributed by atoms with Crippen LogP contribution in [0.15, 0.2) is 53.2 Å². The molecule has 0 radical (unpaired) electrons. The highest BCUT2D eigenvalue weighted by molar-refractivity contribution is 6.06. The molecule has 0 unspecified atom stereocenters. The molecule has 2 aromatic carbocycles. The number of fused-ring (bicyclic) bond motifs is 1. The maximum atomic E-state index is 16.2. The summed E-state index contributed by atoms with van der Waals surface area (Å²) in [6, 6.07) is 12.7. The summed E-state index contributed by atoms with van der Waals surface area (Å²) in [5.74, 6) is -0.101. The molecule has 2 saturated heterocycles. The third-order valence-corrected chi connectivity index (χ3v) is 8.81. The van der Waals surface area contributed by atoms with Crippen LogP contribution in [0.1, 0.15) is 49.3 Å². The van der Waals surface area contributed by atoms with Gasteiger partial charge in [-0.15, -0.1) is 0 Å². The van der Waals surface area contributed by atoms with Crippen molar-refractivity contribution < 1.29 is 23.6 Å². The van der Waals surface area contributed by atoms with Crippen LogP contribution in [0, 0.1) is 25.1 Å². The molecule has 2 fully saturated rings. The number of halogens is 1. The van der Waals surface area contributed by atoms with E-state index in [0.29, 0.717) is 37.3 Å². The molecule has 0 saturated carbocycles. The van der Waals surface area contributed by atoms with Gasteiger partial charge in [0.05, 0.1) is 28.7 Å². The number of carbonyl (C=O) groups excluding carboxylic acids is 2. The second-order valence-electron chi connectivity index (χ2n) is 12.0. The number of amides is 3. The molecule has 0 spiro atoms. The number of aromatic nitrogens is 2. The van der Waals surface area contributed by atoms with Crippen molar-refractivity contribution in [1.82, 2.24) is 20.4 Å². The Morgan fingerprint density at radius 1 is 1.10 bits per heavy atom. The van der Waals surface area contributed by atoms with E-state index in [1.54, 1.807) is 18.2 Å². The summed E-state index contributed by atoms with van der Waals surface area (Å²) in [7, 11) is 0. The number of rotatable bonds is 5. The van der Waals surface area contributed by atoms with Crippen LogP contribution in [-0.2, 0) is 16.9 Å². The molecule has 0 aliphatic carbocycles. The van der Waals surface area contributed by atoms with Gasteiger partial charge in [-0.2, -0.15) is 0 Å². The molecule has 218 valence electrons. The minimum absolute atomic E-state index is 0.155. The quantitative estimate of drug-likeness (QED) is 0.338. The molecule has 9 nitrogen and oxygen atoms in total. The Hall–Kier alpha value is -4.15. The first-order valence-corrected chi connectivity index (χ1v) is 14.1. The number of likely N-dealkylation sites (tertiary alicyclic amines) is 1. The van der Waals surface area contributed by atoms with Crippen molar-refractivity contribution in [1.29, 1.82) is 0 Å². The lowest BCUT2D eigenvalue weighted by Gasteiger charge is -2.50. The standard InChI is InChI=1S/C32H34FN5O4/c1-19-28(20(2)42-36-19)22-7-5-21(6-8-22)17-37-14-12-32(41,31(3,4)18-37)25-9-10-26-24(29(25)33)15-23(16-34-26)38-13-11-27(39)35-30(38)40/h5-10,15-16,41H,11-14,17-18H2,1-4H3,(H,35,39,40)/t32-/m0/s1. The summed E-state index contributed by atoms with van der Waals surface area (Å²) in [6.07, 6.45) is 2.00. The number of imide groups is 1. The van der Waals surface area contributed by atoms with Crippen LogP contribution < -0.4 is 10.2 Å². The highest BCUT2D eigenvalue weighted by Gasteiger charge is 2.50. The molecule has 2 aliphatic heterocycles. The predicted molar refractivity (Wildman–Crippen MR) is 156 cm³/mol. The first kappa shape index (κ1) is 28.0. The van der Waals surface area contributed by atoms with E-state index in [9.17, 15) is 14.7 Å². The molecule has 10 heteroatoms. The monoisotopic (exact) mass is 571 g/mol. The summed E-state index contributed by atoms with van der Waals surface area (Å²) < 4.78 is 21.5. The average Bonchev–Trinajstić information content (AvgIpc) is 3.29. The number of urea groups is 1. The molecule has 2 aliphatic rings. The van der Waals surface area contributed by atoms with E-state index in [1.807, 2.05) is 27.7 Å². The molecule has 6 rings (SSSR count). The maximum absolute atomic E-state index is 16.2. The number of nitrogens with zero attached hydrogens (tertiary/aromatic N) is 4. The Bertz CT molecular complexity index is 1680. The van der Waals surface area contributed by atoms with E-state index >= 15 is 4.39 Å². The first-order valence-electron chi connectivity index (χ1n) is 14.1. The SMILES string of the molecule is Cc1noc(C)c1-c1ccc(CN2CC[C@](O)(c3ccc4ncc(N5CCC(=O)NC5=O)cc4c3F)C(C)(C)C2)cc1. The third-order valence-electron chi connectivity index (χ3n) is 8.81. The number of anilines is 1. The predicted octanol–water partition coefficient (Wildman–Crippen LogP) is 5.21. The summed E-state index contributed by atoms with van der Waals surface area (Å²) in [5, 5.41) is 18.6. The van der Waals surface area contributed by atoms with Crippen LogP contribution in [-0.4, -0.2) is 51.7 Å². The lowest BCUT2D eigenvalue weighted by Crippen LogP contribution is -2.55. The molecule has 1 atom stereocenters. The van der Waals surface area contributed by atoms with Gasteiger partial charge in [0.1, 0.15) is 11.6 Å². The zero-order valence-corrected chi connectivity index (χ0v) is 24.2. The fraction of sp³-hybridized carbons (Fsp3) is 0.375. The van der Waals surface area contributed by atoms with Gasteiger partial charge in [-0.25, -0.2) is 9.18 Å². The van der Waals surface area contributed by atoms with E-state index in [1.165, 1.54) is 11.1 Å². The molecule has 2 N–H and O–H groups in total. The summed E-state index contributed by atoms with van der Waals surface area (Å²) in [5.41, 5.74) is 3.03. The van der Waals surface area contributed by atoms with Gasteiger partial charge in [0, 0.05) is 54.5 Å². The Balaban J connectivity index is 1.23. The van der Waals surface area contributed by atoms with Crippen molar-refractivity contribution in [3.05, 3.63) is 77.1 Å². The number of benzene rings is 2. The number of nitrogens with one attached hydrogen (secondary N) is 1. The topological polar surface area (TPSA) is 112 Å². The first-order chi connectivity index (χ1) is 20.0. The van der Waals surface area contributed by atoms with Crippen LogP contribution in [0.2, 0.25) is 0 Å². The normalized spacial score (nSPS) is 21.1. The van der Waals surface area contributed by atoms with Gasteiger partial charge >= 0.3 is 6.03 Å². The largest absolute Gasteiger partial charge is 0.384 e. The molecular formula is C32H34FN5O4. The van der Waals surface area contributed by atoms with Gasteiger partial charge in [-0.1, -0.05) is 49.3 Å². The van der Waals surface area contributed by atoms with Crippen LogP contribution in [0.5, 0.6) is 0 Å². The number of aliphatic hydroxyl groups is 1. The summed E-state index contributed by atoms with van der Waals surface area (Å²) in [6.45, 7) is 9.81. The van der Waals surface area contributed by atoms with Crippen molar-refractivity contribution in [2.45, 2.75) is 52.7 Å². The van der Waals surface area contributed by atoms with Crippen LogP contribution in [0.4, 0.5) is 14.9 Å². The number of aryl methyl sites for hydroxylation is 2. The Morgan fingerprint density at radius 2 is 1.86 bits per heavy atom. The Kier molecular flexibility index (Phi) is 6.86. The summed E-state index contributed by atoms with van der Waals surface area (Å²) >= 11 is 0. The highest BCUT2D eigenvalue weighted by atomic mass is 19.1. The highest BCUT2D eigenvalue weighted by Crippen LogP contribution is 2.48. The molecule has 3 amide bonds.